The minimum absolute atomic E-state index is 1.08. The molecule has 0 fully saturated rings. The van der Waals surface area contributed by atoms with Crippen molar-refractivity contribution in [3.05, 3.63) is 30.1 Å². The molecule has 0 aliphatic heterocycles. The molecule has 9 heavy (non-hydrogen) atoms. The standard InChI is InChI=1S/C7H9N.H2O/c1-2-7-4-3-5-8-6-7;/h3-6H,2H2,1H3;1H2/i/hD. The normalized spacial score (nSPS) is 8.89. The van der Waals surface area contributed by atoms with Crippen LogP contribution in [0.4, 0.5) is 0 Å². The Morgan fingerprint density at radius 3 is 2.89 bits per heavy atom. The summed E-state index contributed by atoms with van der Waals surface area (Å²) >= 11 is 0. The monoisotopic (exact) mass is 126 g/mol. The van der Waals surface area contributed by atoms with Gasteiger partial charge in [0.15, 0.2) is 0 Å². The van der Waals surface area contributed by atoms with Gasteiger partial charge in [-0.25, -0.2) is 0 Å². The van der Waals surface area contributed by atoms with Crippen molar-refractivity contribution in [3.63, 3.8) is 0 Å². The maximum absolute atomic E-state index is 6.25. The van der Waals surface area contributed by atoms with Crippen molar-refractivity contribution in [1.29, 1.82) is 0 Å². The second kappa shape index (κ2) is 4.04. The van der Waals surface area contributed by atoms with Crippen molar-refractivity contribution in [2.75, 3.05) is 0 Å². The summed E-state index contributed by atoms with van der Waals surface area (Å²) in [5, 5.41) is 0. The highest BCUT2D eigenvalue weighted by molar-refractivity contribution is 5.07. The number of rotatable bonds is 1. The summed E-state index contributed by atoms with van der Waals surface area (Å²) in [6, 6.07) is 4.03. The first-order chi connectivity index (χ1) is 4.93. The Hall–Kier alpha value is -0.890. The van der Waals surface area contributed by atoms with E-state index in [-0.39, 0.29) is 0 Å². The van der Waals surface area contributed by atoms with Crippen LogP contribution in [-0.2, 0) is 6.42 Å². The van der Waals surface area contributed by atoms with E-state index in [4.69, 9.17) is 6.91 Å². The zero-order chi connectivity index (χ0) is 7.82. The van der Waals surface area contributed by atoms with E-state index in [0.29, 0.717) is 0 Å². The summed E-state index contributed by atoms with van der Waals surface area (Å²) in [4.78, 5) is 3.96. The Labute approximate surface area is 56.4 Å². The molecular weight excluding hydrogens is 114 g/mol. The first-order valence-electron chi connectivity index (χ1n) is 3.27. The molecule has 0 spiro atoms. The van der Waals surface area contributed by atoms with Gasteiger partial charge in [0, 0.05) is 12.4 Å². The van der Waals surface area contributed by atoms with Crippen LogP contribution in [0.15, 0.2) is 24.5 Å². The summed E-state index contributed by atoms with van der Waals surface area (Å²) in [6.45, 7) is 2.12. The van der Waals surface area contributed by atoms with E-state index >= 15 is 0 Å². The molecule has 0 bridgehead atoms. The van der Waals surface area contributed by atoms with Crippen molar-refractivity contribution in [2.24, 2.45) is 0 Å². The average molecular weight is 126 g/mol. The number of hydrogen-bond acceptors (Lipinski definition) is 1. The van der Waals surface area contributed by atoms with Gasteiger partial charge in [0.05, 0.1) is 0 Å². The van der Waals surface area contributed by atoms with Gasteiger partial charge >= 0.3 is 0 Å². The van der Waals surface area contributed by atoms with Crippen molar-refractivity contribution in [2.45, 2.75) is 13.3 Å². The van der Waals surface area contributed by atoms with Crippen LogP contribution in [-0.4, -0.2) is 10.5 Å². The molecule has 0 saturated carbocycles. The summed E-state index contributed by atoms with van der Waals surface area (Å²) in [5.41, 5.74) is 7.55. The van der Waals surface area contributed by atoms with E-state index in [2.05, 4.69) is 18.0 Å². The summed E-state index contributed by atoms with van der Waals surface area (Å²) in [5.74, 6) is 0. The molecule has 1 rings (SSSR count). The minimum Gasteiger partial charge on any atom is -0.412 e. The maximum atomic E-state index is 6.25. The van der Waals surface area contributed by atoms with E-state index < -0.39 is 0 Å². The van der Waals surface area contributed by atoms with E-state index in [1.54, 1.807) is 6.20 Å². The quantitative estimate of drug-likeness (QED) is 0.549. The Kier molecular flexibility index (Phi) is 2.80. The zero-order valence-corrected chi connectivity index (χ0v) is 5.41. The topological polar surface area (TPSA) is 44.4 Å². The van der Waals surface area contributed by atoms with Crippen LogP contribution >= 0.6 is 0 Å². The second-order valence-electron chi connectivity index (χ2n) is 1.71. The lowest BCUT2D eigenvalue weighted by Crippen LogP contribution is -1.77. The molecule has 0 aromatic carbocycles. The van der Waals surface area contributed by atoms with Gasteiger partial charge in [-0.15, -0.1) is 0 Å². The number of nitrogens with zero attached hydrogens (tertiary/aromatic N) is 1. The van der Waals surface area contributed by atoms with E-state index in [1.165, 1.54) is 5.56 Å². The Bertz CT molecular complexity index is 155. The molecule has 0 radical (unpaired) electrons. The van der Waals surface area contributed by atoms with Gasteiger partial charge in [-0.3, -0.25) is 4.98 Å². The van der Waals surface area contributed by atoms with Gasteiger partial charge in [-0.05, 0) is 18.1 Å². The van der Waals surface area contributed by atoms with E-state index in [0.717, 1.165) is 6.42 Å². The third-order valence-electron chi connectivity index (χ3n) is 1.13. The van der Waals surface area contributed by atoms with Gasteiger partial charge in [0.1, 0.15) is 0 Å². The van der Waals surface area contributed by atoms with Crippen LogP contribution in [0.5, 0.6) is 0 Å². The van der Waals surface area contributed by atoms with Crippen LogP contribution in [0.25, 0.3) is 0 Å². The Morgan fingerprint density at radius 2 is 2.56 bits per heavy atom. The predicted molar refractivity (Wildman–Crippen MR) is 37.2 cm³/mol. The molecule has 50 valence electrons. The minimum atomic E-state index is 1.08. The molecule has 2 nitrogen and oxygen atoms in total. The van der Waals surface area contributed by atoms with Crippen LogP contribution < -0.4 is 0 Å². The molecule has 2 N–H and O–H groups in total. The lowest BCUT2D eigenvalue weighted by molar-refractivity contribution is 0.824. The molecule has 2 heteroatoms. The molecule has 0 aliphatic carbocycles. The largest absolute Gasteiger partial charge is 0.412 e. The van der Waals surface area contributed by atoms with E-state index in [1.807, 2.05) is 12.3 Å². The van der Waals surface area contributed by atoms with Gasteiger partial charge in [-0.1, -0.05) is 13.0 Å². The molecule has 0 amide bonds. The summed E-state index contributed by atoms with van der Waals surface area (Å²) in [6.07, 6.45) is 4.76. The third-order valence-corrected chi connectivity index (χ3v) is 1.13. The SMILES string of the molecule is CCc1cccnc1.[2H]O. The zero-order valence-electron chi connectivity index (χ0n) is 6.41. The number of aryl methyl sites for hydroxylation is 1. The fraction of sp³-hybridized carbons (Fsp3) is 0.286. The highest BCUT2D eigenvalue weighted by Crippen LogP contribution is 1.93. The van der Waals surface area contributed by atoms with Crippen molar-refractivity contribution >= 4 is 0 Å². The molecule has 0 saturated heterocycles. The molecule has 0 unspecified atom stereocenters. The number of pyridine rings is 1. The lowest BCUT2D eigenvalue weighted by atomic mass is 10.2. The fourth-order valence-electron chi connectivity index (χ4n) is 0.607. The van der Waals surface area contributed by atoms with Gasteiger partial charge in [-0.2, -0.15) is 0 Å². The van der Waals surface area contributed by atoms with Gasteiger partial charge < -0.3 is 5.48 Å². The lowest BCUT2D eigenvalue weighted by Gasteiger charge is -1.88. The average Bonchev–Trinajstić information content (AvgIpc) is 2.10. The second-order valence-corrected chi connectivity index (χ2v) is 1.71. The van der Waals surface area contributed by atoms with Crippen molar-refractivity contribution < 1.29 is 6.91 Å². The first kappa shape index (κ1) is 6.23. The maximum Gasteiger partial charge on any atom is 0.206 e. The van der Waals surface area contributed by atoms with Crippen molar-refractivity contribution in [1.82, 2.24) is 4.98 Å². The Morgan fingerprint density at radius 1 is 1.78 bits per heavy atom. The molecule has 1 aromatic heterocycles. The smallest absolute Gasteiger partial charge is 0.206 e. The summed E-state index contributed by atoms with van der Waals surface area (Å²) < 4.78 is 4.75. The van der Waals surface area contributed by atoms with Crippen LogP contribution in [0.3, 0.4) is 0 Å². The Balaban J connectivity index is 0.000000371. The first-order valence-corrected chi connectivity index (χ1v) is 2.82. The molecule has 0 atom stereocenters. The van der Waals surface area contributed by atoms with Gasteiger partial charge in [0.25, 0.3) is 0 Å². The molecule has 1 heterocycles. The number of aromatic nitrogens is 1. The van der Waals surface area contributed by atoms with Gasteiger partial charge in [0.2, 0.25) is 1.43 Å². The van der Waals surface area contributed by atoms with Crippen LogP contribution in [0, 0.1) is 0 Å². The highest BCUT2D eigenvalue weighted by atomic mass is 16.0. The predicted octanol–water partition coefficient (Wildman–Crippen LogP) is 0.819. The van der Waals surface area contributed by atoms with Crippen LogP contribution in [0.1, 0.15) is 13.9 Å². The van der Waals surface area contributed by atoms with E-state index in [9.17, 15) is 0 Å². The van der Waals surface area contributed by atoms with Crippen LogP contribution in [0.2, 0.25) is 0 Å². The molecular formula is C7H11NO. The fourth-order valence-corrected chi connectivity index (χ4v) is 0.607. The van der Waals surface area contributed by atoms with Crippen molar-refractivity contribution in [3.8, 4) is 0 Å². The number of hydrogen-bond donors (Lipinski definition) is 0. The molecule has 0 aliphatic rings. The summed E-state index contributed by atoms with van der Waals surface area (Å²) in [7, 11) is 0. The third kappa shape index (κ3) is 2.24. The molecule has 1 aromatic rings. The highest BCUT2D eigenvalue weighted by Gasteiger charge is 1.81.